The second-order valence-electron chi connectivity index (χ2n) is 4.51. The first-order chi connectivity index (χ1) is 10.0. The van der Waals surface area contributed by atoms with Crippen LogP contribution >= 0.6 is 0 Å². The van der Waals surface area contributed by atoms with Crippen LogP contribution in [0.4, 0.5) is 4.39 Å². The predicted molar refractivity (Wildman–Crippen MR) is 75.4 cm³/mol. The van der Waals surface area contributed by atoms with Gasteiger partial charge < -0.3 is 14.6 Å². The third-order valence-electron chi connectivity index (χ3n) is 3.08. The third kappa shape index (κ3) is 3.31. The maximum absolute atomic E-state index is 14.0. The number of halogens is 1. The maximum Gasteiger partial charge on any atom is 0.335 e. The van der Waals surface area contributed by atoms with Gasteiger partial charge in [-0.1, -0.05) is 18.2 Å². The number of ether oxygens (including phenoxy) is 2. The van der Waals surface area contributed by atoms with Crippen molar-refractivity contribution in [2.75, 3.05) is 7.11 Å². The molecule has 2 aromatic rings. The summed E-state index contributed by atoms with van der Waals surface area (Å²) in [6.45, 7) is 1.79. The van der Waals surface area contributed by atoms with E-state index in [1.54, 1.807) is 25.1 Å². The Balaban J connectivity index is 2.20. The molecular formula is C16H15FO4. The summed E-state index contributed by atoms with van der Waals surface area (Å²) in [4.78, 5) is 10.9. The van der Waals surface area contributed by atoms with Gasteiger partial charge in [0.25, 0.3) is 0 Å². The van der Waals surface area contributed by atoms with Crippen LogP contribution in [0, 0.1) is 12.7 Å². The maximum atomic E-state index is 14.0. The largest absolute Gasteiger partial charge is 0.494 e. The monoisotopic (exact) mass is 290 g/mol. The number of benzene rings is 2. The lowest BCUT2D eigenvalue weighted by Crippen LogP contribution is -2.03. The smallest absolute Gasteiger partial charge is 0.335 e. The molecule has 0 spiro atoms. The van der Waals surface area contributed by atoms with Crippen molar-refractivity contribution >= 4 is 5.97 Å². The van der Waals surface area contributed by atoms with Gasteiger partial charge in [0.15, 0.2) is 11.6 Å². The van der Waals surface area contributed by atoms with Crippen molar-refractivity contribution < 1.29 is 23.8 Å². The second-order valence-corrected chi connectivity index (χ2v) is 4.51. The summed E-state index contributed by atoms with van der Waals surface area (Å²) in [7, 11) is 1.39. The molecule has 0 atom stereocenters. The molecule has 0 fully saturated rings. The van der Waals surface area contributed by atoms with E-state index < -0.39 is 11.8 Å². The molecule has 2 rings (SSSR count). The number of hydrogen-bond donors (Lipinski definition) is 1. The van der Waals surface area contributed by atoms with Crippen LogP contribution in [0.5, 0.6) is 11.5 Å². The van der Waals surface area contributed by atoms with Crippen LogP contribution in [-0.4, -0.2) is 18.2 Å². The highest BCUT2D eigenvalue weighted by molar-refractivity contribution is 5.88. The molecule has 0 unspecified atom stereocenters. The van der Waals surface area contributed by atoms with E-state index in [0.717, 1.165) is 5.56 Å². The minimum absolute atomic E-state index is 0.00700. The Hall–Kier alpha value is -2.56. The van der Waals surface area contributed by atoms with Crippen LogP contribution in [0.2, 0.25) is 0 Å². The molecule has 0 heterocycles. The Morgan fingerprint density at radius 1 is 1.24 bits per heavy atom. The van der Waals surface area contributed by atoms with Crippen LogP contribution in [0.25, 0.3) is 0 Å². The summed E-state index contributed by atoms with van der Waals surface area (Å²) in [5.41, 5.74) is 1.25. The number of carbonyl (C=O) groups is 1. The quantitative estimate of drug-likeness (QED) is 0.916. The van der Waals surface area contributed by atoms with Crippen molar-refractivity contribution in [2.45, 2.75) is 13.5 Å². The topological polar surface area (TPSA) is 55.8 Å². The Kier molecular flexibility index (Phi) is 4.42. The first-order valence-corrected chi connectivity index (χ1v) is 6.31. The number of aryl methyl sites for hydroxylation is 1. The summed E-state index contributed by atoms with van der Waals surface area (Å²) in [6.07, 6.45) is 0. The van der Waals surface area contributed by atoms with Gasteiger partial charge in [-0.3, -0.25) is 0 Å². The molecule has 0 aliphatic rings. The molecule has 110 valence electrons. The van der Waals surface area contributed by atoms with Gasteiger partial charge in [0.2, 0.25) is 0 Å². The standard InChI is InChI=1S/C16H15FO4/c1-10-6-7-11(16(18)19)8-14(10)21-9-12-4-3-5-13(20-2)15(12)17/h3-8H,9H2,1-2H3,(H,18,19). The molecule has 1 N–H and O–H groups in total. The SMILES string of the molecule is COc1cccc(COc2cc(C(=O)O)ccc2C)c1F. The van der Waals surface area contributed by atoms with Gasteiger partial charge in [-0.25, -0.2) is 9.18 Å². The number of hydrogen-bond acceptors (Lipinski definition) is 3. The summed E-state index contributed by atoms with van der Waals surface area (Å²) in [5, 5.41) is 8.97. The Bertz CT molecular complexity index is 667. The van der Waals surface area contributed by atoms with Gasteiger partial charge in [0.1, 0.15) is 12.4 Å². The van der Waals surface area contributed by atoms with Crippen molar-refractivity contribution in [2.24, 2.45) is 0 Å². The van der Waals surface area contributed by atoms with Crippen molar-refractivity contribution in [3.63, 3.8) is 0 Å². The zero-order chi connectivity index (χ0) is 15.4. The Morgan fingerprint density at radius 3 is 2.67 bits per heavy atom. The number of aromatic carboxylic acids is 1. The summed E-state index contributed by atoms with van der Waals surface area (Å²) in [5.74, 6) is -0.955. The van der Waals surface area contributed by atoms with Gasteiger partial charge in [0, 0.05) is 5.56 Å². The van der Waals surface area contributed by atoms with Crippen molar-refractivity contribution in [1.29, 1.82) is 0 Å². The van der Waals surface area contributed by atoms with Gasteiger partial charge in [-0.2, -0.15) is 0 Å². The van der Waals surface area contributed by atoms with Crippen LogP contribution in [-0.2, 0) is 6.61 Å². The van der Waals surface area contributed by atoms with E-state index in [4.69, 9.17) is 14.6 Å². The van der Waals surface area contributed by atoms with Crippen LogP contribution in [0.3, 0.4) is 0 Å². The van der Waals surface area contributed by atoms with Gasteiger partial charge in [0.05, 0.1) is 12.7 Å². The first-order valence-electron chi connectivity index (χ1n) is 6.31. The zero-order valence-corrected chi connectivity index (χ0v) is 11.7. The fourth-order valence-corrected chi connectivity index (χ4v) is 1.87. The first kappa shape index (κ1) is 14.8. The van der Waals surface area contributed by atoms with Crippen LogP contribution < -0.4 is 9.47 Å². The minimum atomic E-state index is -1.03. The number of carboxylic acid groups (broad SMARTS) is 1. The molecule has 0 amide bonds. The normalized spacial score (nSPS) is 10.2. The lowest BCUT2D eigenvalue weighted by atomic mass is 10.1. The van der Waals surface area contributed by atoms with Crippen molar-refractivity contribution in [3.05, 3.63) is 58.9 Å². The van der Waals surface area contributed by atoms with E-state index in [1.165, 1.54) is 25.3 Å². The number of methoxy groups -OCH3 is 1. The molecule has 4 nitrogen and oxygen atoms in total. The molecule has 21 heavy (non-hydrogen) atoms. The molecule has 0 bridgehead atoms. The molecule has 0 aromatic heterocycles. The van der Waals surface area contributed by atoms with E-state index in [1.807, 2.05) is 0 Å². The molecule has 0 radical (unpaired) electrons. The van der Waals surface area contributed by atoms with E-state index in [-0.39, 0.29) is 17.9 Å². The van der Waals surface area contributed by atoms with Crippen molar-refractivity contribution in [1.82, 2.24) is 0 Å². The van der Waals surface area contributed by atoms with E-state index in [9.17, 15) is 9.18 Å². The predicted octanol–water partition coefficient (Wildman–Crippen LogP) is 3.42. The molecule has 0 aliphatic heterocycles. The van der Waals surface area contributed by atoms with Gasteiger partial charge in [-0.05, 0) is 30.7 Å². The lowest BCUT2D eigenvalue weighted by Gasteiger charge is -2.11. The zero-order valence-electron chi connectivity index (χ0n) is 11.7. The van der Waals surface area contributed by atoms with Gasteiger partial charge in [-0.15, -0.1) is 0 Å². The highest BCUT2D eigenvalue weighted by Crippen LogP contribution is 2.24. The Morgan fingerprint density at radius 2 is 2.00 bits per heavy atom. The number of carboxylic acids is 1. The molecule has 2 aromatic carbocycles. The average Bonchev–Trinajstić information content (AvgIpc) is 2.47. The van der Waals surface area contributed by atoms with E-state index in [2.05, 4.69) is 0 Å². The van der Waals surface area contributed by atoms with E-state index in [0.29, 0.717) is 11.3 Å². The molecule has 0 aliphatic carbocycles. The second kappa shape index (κ2) is 6.26. The van der Waals surface area contributed by atoms with Crippen LogP contribution in [0.15, 0.2) is 36.4 Å². The molecule has 0 saturated heterocycles. The summed E-state index contributed by atoms with van der Waals surface area (Å²) >= 11 is 0. The molecule has 5 heteroatoms. The minimum Gasteiger partial charge on any atom is -0.494 e. The molecular weight excluding hydrogens is 275 g/mol. The number of rotatable bonds is 5. The highest BCUT2D eigenvalue weighted by atomic mass is 19.1. The van der Waals surface area contributed by atoms with Gasteiger partial charge >= 0.3 is 5.97 Å². The third-order valence-corrected chi connectivity index (χ3v) is 3.08. The van der Waals surface area contributed by atoms with Crippen molar-refractivity contribution in [3.8, 4) is 11.5 Å². The Labute approximate surface area is 121 Å². The summed E-state index contributed by atoms with van der Waals surface area (Å²) in [6, 6.07) is 9.36. The lowest BCUT2D eigenvalue weighted by molar-refractivity contribution is 0.0696. The fraction of sp³-hybridized carbons (Fsp3) is 0.188. The van der Waals surface area contributed by atoms with Crippen LogP contribution in [0.1, 0.15) is 21.5 Å². The average molecular weight is 290 g/mol. The summed E-state index contributed by atoms with van der Waals surface area (Å²) < 4.78 is 24.4. The molecule has 0 saturated carbocycles. The highest BCUT2D eigenvalue weighted by Gasteiger charge is 2.11. The van der Waals surface area contributed by atoms with E-state index >= 15 is 0 Å². The fourth-order valence-electron chi connectivity index (χ4n) is 1.87.